The third-order valence-corrected chi connectivity index (χ3v) is 4.72. The van der Waals surface area contributed by atoms with Crippen LogP contribution in [0.3, 0.4) is 0 Å². The predicted octanol–water partition coefficient (Wildman–Crippen LogP) is 4.83. The Labute approximate surface area is 161 Å². The van der Waals surface area contributed by atoms with Crippen LogP contribution < -0.4 is 5.73 Å². The standard InChI is InChI=1S/C23H27N3O/c1-2-3-17-26-20(15-10-16-21(24)27)22(18-11-6-4-7-12-18)25-23(26)19-13-8-5-9-14-19/h4-9,11-14H,2-3,10,15-17H2,1H3,(H2,24,27). The van der Waals surface area contributed by atoms with Gasteiger partial charge in [-0.2, -0.15) is 0 Å². The summed E-state index contributed by atoms with van der Waals surface area (Å²) >= 11 is 0. The van der Waals surface area contributed by atoms with Crippen molar-refractivity contribution < 1.29 is 4.79 Å². The fourth-order valence-electron chi connectivity index (χ4n) is 3.36. The largest absolute Gasteiger partial charge is 0.370 e. The third-order valence-electron chi connectivity index (χ3n) is 4.72. The Morgan fingerprint density at radius 2 is 1.59 bits per heavy atom. The van der Waals surface area contributed by atoms with Gasteiger partial charge in [0.1, 0.15) is 5.82 Å². The molecule has 0 spiro atoms. The van der Waals surface area contributed by atoms with Crippen molar-refractivity contribution in [1.29, 1.82) is 0 Å². The molecular weight excluding hydrogens is 334 g/mol. The van der Waals surface area contributed by atoms with Crippen LogP contribution in [0, 0.1) is 0 Å². The molecule has 1 heterocycles. The van der Waals surface area contributed by atoms with Crippen molar-refractivity contribution in [3.05, 3.63) is 66.4 Å². The first-order chi connectivity index (χ1) is 13.2. The number of nitrogens with two attached hydrogens (primary N) is 1. The maximum atomic E-state index is 11.2. The smallest absolute Gasteiger partial charge is 0.217 e. The number of amides is 1. The minimum Gasteiger partial charge on any atom is -0.370 e. The van der Waals surface area contributed by atoms with E-state index < -0.39 is 0 Å². The Morgan fingerprint density at radius 3 is 2.19 bits per heavy atom. The fourth-order valence-corrected chi connectivity index (χ4v) is 3.36. The maximum absolute atomic E-state index is 11.2. The molecule has 0 radical (unpaired) electrons. The van der Waals surface area contributed by atoms with Gasteiger partial charge in [-0.3, -0.25) is 4.79 Å². The van der Waals surface area contributed by atoms with Crippen LogP contribution >= 0.6 is 0 Å². The van der Waals surface area contributed by atoms with E-state index in [1.54, 1.807) is 0 Å². The van der Waals surface area contributed by atoms with Crippen LogP contribution in [0.15, 0.2) is 60.7 Å². The van der Waals surface area contributed by atoms with E-state index >= 15 is 0 Å². The minimum absolute atomic E-state index is 0.251. The molecule has 0 saturated heterocycles. The zero-order valence-electron chi connectivity index (χ0n) is 15.9. The van der Waals surface area contributed by atoms with Crippen molar-refractivity contribution in [2.75, 3.05) is 0 Å². The molecule has 2 N–H and O–H groups in total. The number of imidazole rings is 1. The molecule has 3 aromatic rings. The summed E-state index contributed by atoms with van der Waals surface area (Å²) in [5.74, 6) is 0.746. The van der Waals surface area contributed by atoms with Crippen molar-refractivity contribution in [3.63, 3.8) is 0 Å². The average Bonchev–Trinajstić information content (AvgIpc) is 3.06. The van der Waals surface area contributed by atoms with E-state index in [0.717, 1.165) is 54.9 Å². The third kappa shape index (κ3) is 4.64. The lowest BCUT2D eigenvalue weighted by Crippen LogP contribution is -2.11. The van der Waals surface area contributed by atoms with E-state index in [4.69, 9.17) is 10.7 Å². The molecule has 4 nitrogen and oxygen atoms in total. The lowest BCUT2D eigenvalue weighted by atomic mass is 10.1. The molecule has 0 atom stereocenters. The van der Waals surface area contributed by atoms with Gasteiger partial charge in [0.15, 0.2) is 0 Å². The number of aromatic nitrogens is 2. The van der Waals surface area contributed by atoms with Gasteiger partial charge in [0, 0.05) is 29.8 Å². The van der Waals surface area contributed by atoms with Crippen LogP contribution in [-0.2, 0) is 17.8 Å². The van der Waals surface area contributed by atoms with E-state index in [0.29, 0.717) is 6.42 Å². The van der Waals surface area contributed by atoms with Crippen LogP contribution in [0.4, 0.5) is 0 Å². The highest BCUT2D eigenvalue weighted by Gasteiger charge is 2.19. The lowest BCUT2D eigenvalue weighted by Gasteiger charge is -2.12. The first-order valence-electron chi connectivity index (χ1n) is 9.69. The van der Waals surface area contributed by atoms with Crippen molar-refractivity contribution in [2.45, 2.75) is 45.6 Å². The van der Waals surface area contributed by atoms with E-state index in [1.165, 1.54) is 5.69 Å². The lowest BCUT2D eigenvalue weighted by molar-refractivity contribution is -0.118. The maximum Gasteiger partial charge on any atom is 0.217 e. The summed E-state index contributed by atoms with van der Waals surface area (Å²) in [5, 5.41) is 0. The van der Waals surface area contributed by atoms with Gasteiger partial charge in [-0.25, -0.2) is 4.98 Å². The van der Waals surface area contributed by atoms with Gasteiger partial charge >= 0.3 is 0 Å². The molecule has 0 aliphatic carbocycles. The molecule has 1 aromatic heterocycles. The molecule has 0 saturated carbocycles. The number of rotatable bonds is 9. The highest BCUT2D eigenvalue weighted by atomic mass is 16.1. The molecule has 0 unspecified atom stereocenters. The van der Waals surface area contributed by atoms with Gasteiger partial charge in [0.05, 0.1) is 5.69 Å². The second-order valence-corrected chi connectivity index (χ2v) is 6.79. The Morgan fingerprint density at radius 1 is 0.963 bits per heavy atom. The monoisotopic (exact) mass is 361 g/mol. The molecular formula is C23H27N3O. The number of benzene rings is 2. The normalized spacial score (nSPS) is 10.9. The molecule has 0 aliphatic rings. The summed E-state index contributed by atoms with van der Waals surface area (Å²) in [6.45, 7) is 3.12. The average molecular weight is 361 g/mol. The van der Waals surface area contributed by atoms with Crippen LogP contribution in [0.1, 0.15) is 38.3 Å². The first-order valence-corrected chi connectivity index (χ1v) is 9.69. The van der Waals surface area contributed by atoms with Crippen molar-refractivity contribution in [3.8, 4) is 22.6 Å². The molecule has 3 rings (SSSR count). The Kier molecular flexibility index (Phi) is 6.42. The van der Waals surface area contributed by atoms with Crippen molar-refractivity contribution >= 4 is 5.91 Å². The van der Waals surface area contributed by atoms with Crippen molar-refractivity contribution in [2.24, 2.45) is 5.73 Å². The van der Waals surface area contributed by atoms with Crippen LogP contribution in [0.25, 0.3) is 22.6 Å². The number of carbonyl (C=O) groups excluding carboxylic acids is 1. The number of nitrogens with zero attached hydrogens (tertiary/aromatic N) is 2. The van der Waals surface area contributed by atoms with Crippen molar-refractivity contribution in [1.82, 2.24) is 9.55 Å². The summed E-state index contributed by atoms with van der Waals surface area (Å²) in [5.41, 5.74) is 9.79. The fraction of sp³-hybridized carbons (Fsp3) is 0.304. The zero-order chi connectivity index (χ0) is 19.1. The highest BCUT2D eigenvalue weighted by molar-refractivity contribution is 5.74. The summed E-state index contributed by atoms with van der Waals surface area (Å²) in [4.78, 5) is 16.3. The summed E-state index contributed by atoms with van der Waals surface area (Å²) in [7, 11) is 0. The zero-order valence-corrected chi connectivity index (χ0v) is 15.9. The number of carbonyl (C=O) groups is 1. The second-order valence-electron chi connectivity index (χ2n) is 6.79. The van der Waals surface area contributed by atoms with Crippen LogP contribution in [0.2, 0.25) is 0 Å². The van der Waals surface area contributed by atoms with Gasteiger partial charge in [0.25, 0.3) is 0 Å². The molecule has 140 valence electrons. The first kappa shape index (κ1) is 18.9. The van der Waals surface area contributed by atoms with E-state index in [2.05, 4.69) is 35.8 Å². The number of unbranched alkanes of at least 4 members (excludes halogenated alkanes) is 1. The summed E-state index contributed by atoms with van der Waals surface area (Å²) in [6, 6.07) is 20.6. The molecule has 2 aromatic carbocycles. The Balaban J connectivity index is 2.10. The predicted molar refractivity (Wildman–Crippen MR) is 110 cm³/mol. The minimum atomic E-state index is -0.251. The summed E-state index contributed by atoms with van der Waals surface area (Å²) < 4.78 is 2.34. The number of hydrogen-bond acceptors (Lipinski definition) is 2. The van der Waals surface area contributed by atoms with Crippen LogP contribution in [-0.4, -0.2) is 15.5 Å². The highest BCUT2D eigenvalue weighted by Crippen LogP contribution is 2.31. The number of hydrogen-bond donors (Lipinski definition) is 1. The van der Waals surface area contributed by atoms with Gasteiger partial charge in [-0.15, -0.1) is 0 Å². The molecule has 0 bridgehead atoms. The molecule has 27 heavy (non-hydrogen) atoms. The van der Waals surface area contributed by atoms with Gasteiger partial charge < -0.3 is 10.3 Å². The summed E-state index contributed by atoms with van der Waals surface area (Å²) in [6.07, 6.45) is 4.13. The molecule has 1 amide bonds. The van der Waals surface area contributed by atoms with Gasteiger partial charge in [-0.05, 0) is 19.3 Å². The van der Waals surface area contributed by atoms with E-state index in [9.17, 15) is 4.79 Å². The number of primary amides is 1. The SMILES string of the molecule is CCCCn1c(-c2ccccc2)nc(-c2ccccc2)c1CCCC(N)=O. The molecule has 4 heteroatoms. The van der Waals surface area contributed by atoms with Gasteiger partial charge in [0.2, 0.25) is 5.91 Å². The van der Waals surface area contributed by atoms with E-state index in [-0.39, 0.29) is 5.91 Å². The molecule has 0 fully saturated rings. The Bertz CT molecular complexity index is 869. The van der Waals surface area contributed by atoms with Crippen LogP contribution in [0.5, 0.6) is 0 Å². The molecule has 0 aliphatic heterocycles. The second kappa shape index (κ2) is 9.17. The quantitative estimate of drug-likeness (QED) is 0.593. The van der Waals surface area contributed by atoms with Gasteiger partial charge in [-0.1, -0.05) is 74.0 Å². The van der Waals surface area contributed by atoms with E-state index in [1.807, 2.05) is 36.4 Å². The topological polar surface area (TPSA) is 60.9 Å². The Hall–Kier alpha value is -2.88.